The molecule has 5 rings (SSSR count). The van der Waals surface area contributed by atoms with Gasteiger partial charge in [0.05, 0.1) is 5.56 Å². The SMILES string of the molecule is Cc1cc(-c2ccncc2)cc(C)c1C(=O)NC(C)CCN1CCC(N(Cc2ccccc2)c2ccc(C(=O)O)cc2)CC1. The van der Waals surface area contributed by atoms with Crippen LogP contribution in [0.4, 0.5) is 5.69 Å². The maximum atomic E-state index is 13.3. The van der Waals surface area contributed by atoms with Crippen molar-refractivity contribution < 1.29 is 14.7 Å². The zero-order valence-electron chi connectivity index (χ0n) is 25.9. The van der Waals surface area contributed by atoms with Crippen LogP contribution in [0.15, 0.2) is 91.3 Å². The summed E-state index contributed by atoms with van der Waals surface area (Å²) in [6.45, 7) is 9.77. The Balaban J connectivity index is 1.15. The molecule has 1 amide bonds. The number of amides is 1. The quantitative estimate of drug-likeness (QED) is 0.201. The van der Waals surface area contributed by atoms with Crippen molar-refractivity contribution in [1.82, 2.24) is 15.2 Å². The van der Waals surface area contributed by atoms with Crippen molar-refractivity contribution >= 4 is 17.6 Å². The number of carbonyl (C=O) groups is 2. The van der Waals surface area contributed by atoms with Crippen LogP contribution in [0.3, 0.4) is 0 Å². The lowest BCUT2D eigenvalue weighted by molar-refractivity contribution is 0.0696. The highest BCUT2D eigenvalue weighted by atomic mass is 16.4. The second kappa shape index (κ2) is 14.3. The average molecular weight is 591 g/mol. The molecule has 0 radical (unpaired) electrons. The normalized spacial score (nSPS) is 14.6. The van der Waals surface area contributed by atoms with E-state index in [1.165, 1.54) is 5.56 Å². The van der Waals surface area contributed by atoms with Gasteiger partial charge in [0.2, 0.25) is 0 Å². The van der Waals surface area contributed by atoms with Gasteiger partial charge in [0.15, 0.2) is 0 Å². The van der Waals surface area contributed by atoms with Crippen LogP contribution in [0, 0.1) is 13.8 Å². The third-order valence-electron chi connectivity index (χ3n) is 8.67. The molecule has 4 aromatic rings. The number of carbonyl (C=O) groups excluding carboxylic acids is 1. The molecule has 1 fully saturated rings. The van der Waals surface area contributed by atoms with Crippen molar-refractivity contribution in [3.63, 3.8) is 0 Å². The van der Waals surface area contributed by atoms with E-state index in [0.717, 1.165) is 78.9 Å². The van der Waals surface area contributed by atoms with Crippen molar-refractivity contribution in [3.05, 3.63) is 119 Å². The molecule has 1 aromatic heterocycles. The Kier molecular flexibility index (Phi) is 10.1. The molecule has 1 aliphatic rings. The van der Waals surface area contributed by atoms with Gasteiger partial charge in [0.1, 0.15) is 0 Å². The van der Waals surface area contributed by atoms with Crippen molar-refractivity contribution in [2.24, 2.45) is 0 Å². The van der Waals surface area contributed by atoms with Gasteiger partial charge in [-0.25, -0.2) is 4.79 Å². The number of hydrogen-bond donors (Lipinski definition) is 2. The van der Waals surface area contributed by atoms with Crippen LogP contribution < -0.4 is 10.2 Å². The lowest BCUT2D eigenvalue weighted by atomic mass is 9.95. The molecule has 44 heavy (non-hydrogen) atoms. The maximum Gasteiger partial charge on any atom is 0.335 e. The van der Waals surface area contributed by atoms with E-state index in [1.807, 2.05) is 44.2 Å². The number of benzene rings is 3. The first-order valence-corrected chi connectivity index (χ1v) is 15.5. The van der Waals surface area contributed by atoms with Crippen molar-refractivity contribution in [1.29, 1.82) is 0 Å². The summed E-state index contributed by atoms with van der Waals surface area (Å²) in [5.41, 5.74) is 7.47. The van der Waals surface area contributed by atoms with Crippen LogP contribution in [0.2, 0.25) is 0 Å². The first-order valence-electron chi connectivity index (χ1n) is 15.5. The van der Waals surface area contributed by atoms with E-state index in [1.54, 1.807) is 24.5 Å². The number of nitrogens with zero attached hydrogens (tertiary/aromatic N) is 3. The molecule has 3 aromatic carbocycles. The first-order chi connectivity index (χ1) is 21.3. The Morgan fingerprint density at radius 2 is 1.57 bits per heavy atom. The predicted molar refractivity (Wildman–Crippen MR) is 176 cm³/mol. The summed E-state index contributed by atoms with van der Waals surface area (Å²) in [6, 6.07) is 26.2. The molecule has 1 aliphatic heterocycles. The number of hydrogen-bond acceptors (Lipinski definition) is 5. The molecule has 7 nitrogen and oxygen atoms in total. The van der Waals surface area contributed by atoms with Gasteiger partial charge >= 0.3 is 5.97 Å². The summed E-state index contributed by atoms with van der Waals surface area (Å²) in [5, 5.41) is 12.6. The molecule has 228 valence electrons. The molecular formula is C37H42N4O3. The molecule has 2 N–H and O–H groups in total. The van der Waals surface area contributed by atoms with E-state index in [9.17, 15) is 14.7 Å². The number of rotatable bonds is 11. The number of aromatic nitrogens is 1. The average Bonchev–Trinajstić information content (AvgIpc) is 3.03. The topological polar surface area (TPSA) is 85.8 Å². The van der Waals surface area contributed by atoms with Gasteiger partial charge in [-0.05, 0) is 104 Å². The van der Waals surface area contributed by atoms with E-state index in [0.29, 0.717) is 11.6 Å². The van der Waals surface area contributed by atoms with Crippen molar-refractivity contribution in [2.75, 3.05) is 24.5 Å². The minimum absolute atomic E-state index is 0.0158. The van der Waals surface area contributed by atoms with Crippen LogP contribution >= 0.6 is 0 Å². The van der Waals surface area contributed by atoms with E-state index >= 15 is 0 Å². The van der Waals surface area contributed by atoms with Gasteiger partial charge in [-0.1, -0.05) is 42.5 Å². The van der Waals surface area contributed by atoms with E-state index in [4.69, 9.17) is 0 Å². The fourth-order valence-corrected chi connectivity index (χ4v) is 6.24. The molecule has 0 aliphatic carbocycles. The number of aryl methyl sites for hydroxylation is 2. The number of likely N-dealkylation sites (tertiary alicyclic amines) is 1. The summed E-state index contributed by atoms with van der Waals surface area (Å²) in [5.74, 6) is -0.924. The lowest BCUT2D eigenvalue weighted by Gasteiger charge is -2.40. The number of pyridine rings is 1. The van der Waals surface area contributed by atoms with Crippen LogP contribution in [0.1, 0.15) is 63.6 Å². The van der Waals surface area contributed by atoms with Crippen molar-refractivity contribution in [3.8, 4) is 11.1 Å². The molecule has 7 heteroatoms. The summed E-state index contributed by atoms with van der Waals surface area (Å²) in [7, 11) is 0. The molecule has 0 spiro atoms. The summed E-state index contributed by atoms with van der Waals surface area (Å²) in [4.78, 5) is 33.7. The Morgan fingerprint density at radius 1 is 0.932 bits per heavy atom. The van der Waals surface area contributed by atoms with Gasteiger partial charge in [-0.3, -0.25) is 9.78 Å². The fourth-order valence-electron chi connectivity index (χ4n) is 6.24. The minimum Gasteiger partial charge on any atom is -0.478 e. The number of aromatic carboxylic acids is 1. The fraction of sp³-hybridized carbons (Fsp3) is 0.324. The molecular weight excluding hydrogens is 548 g/mol. The molecule has 1 saturated heterocycles. The highest BCUT2D eigenvalue weighted by molar-refractivity contribution is 5.98. The Bertz CT molecular complexity index is 1530. The molecule has 0 bridgehead atoms. The van der Waals surface area contributed by atoms with Crippen LogP contribution in [0.25, 0.3) is 11.1 Å². The second-order valence-electron chi connectivity index (χ2n) is 11.9. The number of carboxylic acid groups (broad SMARTS) is 1. The minimum atomic E-state index is -0.908. The summed E-state index contributed by atoms with van der Waals surface area (Å²) >= 11 is 0. The number of carboxylic acids is 1. The molecule has 2 heterocycles. The number of nitrogens with one attached hydrogen (secondary N) is 1. The number of piperidine rings is 1. The maximum absolute atomic E-state index is 13.3. The monoisotopic (exact) mass is 590 g/mol. The third-order valence-corrected chi connectivity index (χ3v) is 8.67. The first kappa shape index (κ1) is 31.0. The largest absolute Gasteiger partial charge is 0.478 e. The summed E-state index contributed by atoms with van der Waals surface area (Å²) in [6.07, 6.45) is 6.50. The molecule has 1 atom stereocenters. The molecule has 0 saturated carbocycles. The molecule has 1 unspecified atom stereocenters. The highest BCUT2D eigenvalue weighted by Gasteiger charge is 2.26. The smallest absolute Gasteiger partial charge is 0.335 e. The Morgan fingerprint density at radius 3 is 2.18 bits per heavy atom. The van der Waals surface area contributed by atoms with E-state index in [2.05, 4.69) is 63.4 Å². The van der Waals surface area contributed by atoms with Gasteiger partial charge < -0.3 is 20.2 Å². The van der Waals surface area contributed by atoms with Crippen LogP contribution in [0.5, 0.6) is 0 Å². The standard InChI is InChI=1S/C37H42N4O3/c1-26-23-32(30-13-18-38-19-14-30)24-27(2)35(26)36(42)39-28(3)15-20-40-21-16-34(17-22-40)41(25-29-7-5-4-6-8-29)33-11-9-31(10-12-33)37(43)44/h4-14,18-19,23-24,28,34H,15-17,20-22,25H2,1-3H3,(H,39,42)(H,43,44). The second-order valence-corrected chi connectivity index (χ2v) is 11.9. The zero-order chi connectivity index (χ0) is 31.1. The van der Waals surface area contributed by atoms with E-state index < -0.39 is 5.97 Å². The highest BCUT2D eigenvalue weighted by Crippen LogP contribution is 2.28. The van der Waals surface area contributed by atoms with Gasteiger partial charge in [-0.15, -0.1) is 0 Å². The van der Waals surface area contributed by atoms with Gasteiger partial charge in [0.25, 0.3) is 5.91 Å². The predicted octanol–water partition coefficient (Wildman–Crippen LogP) is 6.74. The Hall–Kier alpha value is -4.49. The van der Waals surface area contributed by atoms with E-state index in [-0.39, 0.29) is 11.9 Å². The lowest BCUT2D eigenvalue weighted by Crippen LogP contribution is -2.46. The van der Waals surface area contributed by atoms with Gasteiger partial charge in [-0.2, -0.15) is 0 Å². The third kappa shape index (κ3) is 7.71. The summed E-state index contributed by atoms with van der Waals surface area (Å²) < 4.78 is 0. The van der Waals surface area contributed by atoms with Crippen LogP contribution in [-0.2, 0) is 6.54 Å². The van der Waals surface area contributed by atoms with Crippen LogP contribution in [-0.4, -0.2) is 58.6 Å². The zero-order valence-corrected chi connectivity index (χ0v) is 25.9. The van der Waals surface area contributed by atoms with Gasteiger partial charge in [0, 0.05) is 61.9 Å². The van der Waals surface area contributed by atoms with Crippen molar-refractivity contribution in [2.45, 2.75) is 58.7 Å². The Labute approximate surface area is 260 Å². The number of anilines is 1.